The third-order valence-electron chi connectivity index (χ3n) is 5.95. The molecule has 2 aliphatic heterocycles. The van der Waals surface area contributed by atoms with Crippen LogP contribution in [0.4, 0.5) is 0 Å². The van der Waals surface area contributed by atoms with Crippen molar-refractivity contribution in [2.75, 3.05) is 6.54 Å². The van der Waals surface area contributed by atoms with E-state index in [0.29, 0.717) is 32.8 Å². The van der Waals surface area contributed by atoms with E-state index in [1.165, 1.54) is 5.56 Å². The van der Waals surface area contributed by atoms with Crippen LogP contribution in [0.1, 0.15) is 57.4 Å². The first kappa shape index (κ1) is 32.6. The van der Waals surface area contributed by atoms with Gasteiger partial charge in [0.1, 0.15) is 0 Å². The second-order valence-electron chi connectivity index (χ2n) is 8.74. The van der Waals surface area contributed by atoms with Crippen molar-refractivity contribution in [3.05, 3.63) is 146 Å². The Morgan fingerprint density at radius 3 is 1.44 bits per heavy atom. The van der Waals surface area contributed by atoms with Crippen molar-refractivity contribution in [3.8, 4) is 0 Å². The van der Waals surface area contributed by atoms with Crippen LogP contribution in [-0.4, -0.2) is 40.9 Å². The van der Waals surface area contributed by atoms with Crippen LogP contribution in [0.5, 0.6) is 0 Å². The van der Waals surface area contributed by atoms with E-state index in [4.69, 9.17) is 23.2 Å². The fourth-order valence-corrected chi connectivity index (χ4v) is 4.11. The van der Waals surface area contributed by atoms with Crippen molar-refractivity contribution in [3.63, 3.8) is 0 Å². The van der Waals surface area contributed by atoms with Crippen LogP contribution >= 0.6 is 23.2 Å². The fourth-order valence-electron chi connectivity index (χ4n) is 3.86. The number of hydrogen-bond donors (Lipinski definition) is 0. The minimum absolute atomic E-state index is 0. The number of Topliss-reactive ketones (excluding diaryl/α,β-unsaturated/α-hetero) is 1. The van der Waals surface area contributed by atoms with E-state index < -0.39 is 23.6 Å². The van der Waals surface area contributed by atoms with Crippen molar-refractivity contribution >= 4 is 52.6 Å². The number of ketones is 1. The predicted octanol–water partition coefficient (Wildman–Crippen LogP) is 3.83. The molecule has 0 bridgehead atoms. The number of hydrogen-bond acceptors (Lipinski definition) is 5. The second kappa shape index (κ2) is 14.8. The van der Waals surface area contributed by atoms with Gasteiger partial charge in [-0.3, -0.25) is 19.3 Å². The normalized spacial score (nSPS) is 12.6. The molecule has 7 nitrogen and oxygen atoms in total. The van der Waals surface area contributed by atoms with Crippen molar-refractivity contribution < 1.29 is 75.4 Å². The van der Waals surface area contributed by atoms with Gasteiger partial charge in [0, 0.05) is 26.7 Å². The maximum absolute atomic E-state index is 12.2. The summed E-state index contributed by atoms with van der Waals surface area (Å²) in [6.45, 7) is 1.77. The number of aryl methyl sites for hydroxylation is 1. The molecule has 0 fully saturated rings. The summed E-state index contributed by atoms with van der Waals surface area (Å²) in [6.07, 6.45) is 0. The van der Waals surface area contributed by atoms with Gasteiger partial charge in [0.15, 0.2) is 5.78 Å². The van der Waals surface area contributed by atoms with Gasteiger partial charge in [-0.05, 0) is 55.5 Å². The zero-order valence-corrected chi connectivity index (χ0v) is 26.8. The van der Waals surface area contributed by atoms with Gasteiger partial charge >= 0.3 is 51.4 Å². The van der Waals surface area contributed by atoms with Gasteiger partial charge in [-0.15, -0.1) is 0 Å². The van der Waals surface area contributed by atoms with Crippen LogP contribution in [0.15, 0.2) is 97.1 Å². The Hall–Kier alpha value is -2.95. The molecule has 0 aromatic heterocycles. The Bertz CT molecular complexity index is 1530. The number of amides is 4. The van der Waals surface area contributed by atoms with Gasteiger partial charge in [0.2, 0.25) is 0 Å². The average Bonchev–Trinajstić information content (AvgIpc) is 3.39. The van der Waals surface area contributed by atoms with E-state index in [1.54, 1.807) is 72.8 Å². The number of carbonyl (C=O) groups is 5. The van der Waals surface area contributed by atoms with Crippen LogP contribution in [0, 0.1) is 6.92 Å². The smallest absolute Gasteiger partial charge is 0.587 e. The Labute approximate surface area is 289 Å². The van der Waals surface area contributed by atoms with Gasteiger partial charge < -0.3 is 14.9 Å². The topological polar surface area (TPSA) is 103 Å². The molecule has 6 rings (SSSR count). The maximum atomic E-state index is 12.2. The Kier molecular flexibility index (Phi) is 11.7. The minimum atomic E-state index is -0.432. The summed E-state index contributed by atoms with van der Waals surface area (Å²) in [5.41, 5.74) is 3.16. The standard InChI is InChI=1S/C16H10ClNO3.C8H5NO2.C7H7Cl.K/c17-11-7-5-10(6-8-11)14(19)9-18-15(20)12-3-1-2-4-13(12)16(18)21;10-7-5-3-1-2-4-6(5)8(11)9-7;1-6-2-4-7(8)5-3-6;/h1-8H,9H2;1-4H,(H,9,10,11);2-5H,1H3;/q;;;+1/p-1. The molecule has 4 aromatic rings. The van der Waals surface area contributed by atoms with Crippen molar-refractivity contribution in [1.29, 1.82) is 0 Å². The number of halogens is 2. The molecule has 0 spiro atoms. The van der Waals surface area contributed by atoms with Gasteiger partial charge in [-0.25, -0.2) is 0 Å². The molecule has 0 radical (unpaired) electrons. The third kappa shape index (κ3) is 8.08. The zero-order valence-electron chi connectivity index (χ0n) is 22.1. The van der Waals surface area contributed by atoms with E-state index in [1.807, 2.05) is 31.2 Å². The van der Waals surface area contributed by atoms with Crippen LogP contribution in [0.25, 0.3) is 5.32 Å². The number of imide groups is 2. The number of benzene rings is 4. The largest absolute Gasteiger partial charge is 1.00 e. The number of rotatable bonds is 3. The van der Waals surface area contributed by atoms with E-state index in [0.717, 1.165) is 9.92 Å². The molecular weight excluding hydrogens is 590 g/mol. The van der Waals surface area contributed by atoms with E-state index in [2.05, 4.69) is 5.32 Å². The first-order valence-corrected chi connectivity index (χ1v) is 12.8. The van der Waals surface area contributed by atoms with E-state index >= 15 is 0 Å². The quantitative estimate of drug-likeness (QED) is 0.199. The summed E-state index contributed by atoms with van der Waals surface area (Å²) < 4.78 is 0. The van der Waals surface area contributed by atoms with Gasteiger partial charge in [-0.2, -0.15) is 0 Å². The molecule has 4 aromatic carbocycles. The third-order valence-corrected chi connectivity index (χ3v) is 6.45. The summed E-state index contributed by atoms with van der Waals surface area (Å²) in [4.78, 5) is 59.2. The van der Waals surface area contributed by atoms with Crippen LogP contribution < -0.4 is 51.4 Å². The fraction of sp³-hybridized carbons (Fsp3) is 0.0645. The molecule has 4 amide bonds. The van der Waals surface area contributed by atoms with Crippen LogP contribution in [0.3, 0.4) is 0 Å². The molecule has 2 heterocycles. The average molecular weight is 612 g/mol. The number of nitrogens with zero attached hydrogens (tertiary/aromatic N) is 2. The number of carbonyl (C=O) groups excluding carboxylic acids is 5. The number of fused-ring (bicyclic) bond motifs is 2. The van der Waals surface area contributed by atoms with E-state index in [-0.39, 0.29) is 63.7 Å². The maximum Gasteiger partial charge on any atom is 1.00 e. The molecule has 0 saturated heterocycles. The monoisotopic (exact) mass is 610 g/mol. The summed E-state index contributed by atoms with van der Waals surface area (Å²) in [5.74, 6) is -2.02. The zero-order chi connectivity index (χ0) is 28.8. The Morgan fingerprint density at radius 1 is 0.634 bits per heavy atom. The Morgan fingerprint density at radius 2 is 1.02 bits per heavy atom. The summed E-state index contributed by atoms with van der Waals surface area (Å²) >= 11 is 11.4. The van der Waals surface area contributed by atoms with Crippen molar-refractivity contribution in [2.24, 2.45) is 0 Å². The predicted molar refractivity (Wildman–Crippen MR) is 152 cm³/mol. The van der Waals surface area contributed by atoms with Gasteiger partial charge in [-0.1, -0.05) is 77.3 Å². The first-order chi connectivity index (χ1) is 19.2. The summed E-state index contributed by atoms with van der Waals surface area (Å²) in [5, 5.41) is 4.60. The molecule has 0 aliphatic carbocycles. The minimum Gasteiger partial charge on any atom is -0.587 e. The summed E-state index contributed by atoms with van der Waals surface area (Å²) in [7, 11) is 0. The molecule has 0 N–H and O–H groups in total. The Balaban J connectivity index is 0.000000193. The molecule has 200 valence electrons. The molecule has 41 heavy (non-hydrogen) atoms. The first-order valence-electron chi connectivity index (χ1n) is 12.0. The molecular formula is C31H21Cl2KN2O5. The molecule has 2 aliphatic rings. The van der Waals surface area contributed by atoms with Crippen LogP contribution in [-0.2, 0) is 0 Å². The molecule has 0 unspecified atom stereocenters. The second-order valence-corrected chi connectivity index (χ2v) is 9.61. The van der Waals surface area contributed by atoms with Gasteiger partial charge in [0.05, 0.1) is 29.5 Å². The van der Waals surface area contributed by atoms with E-state index in [9.17, 15) is 24.0 Å². The van der Waals surface area contributed by atoms with Gasteiger partial charge in [0.25, 0.3) is 11.8 Å². The molecule has 0 atom stereocenters. The van der Waals surface area contributed by atoms with Crippen molar-refractivity contribution in [2.45, 2.75) is 6.92 Å². The summed E-state index contributed by atoms with van der Waals surface area (Å²) in [6, 6.07) is 27.3. The SMILES string of the molecule is Cc1ccc(Cl)cc1.O=C(CN1C(=O)c2ccccc2C1=O)c1ccc(Cl)cc1.O=C1[N-]C(=O)c2ccccc21.[K+]. The van der Waals surface area contributed by atoms with Crippen molar-refractivity contribution in [1.82, 2.24) is 4.90 Å². The van der Waals surface area contributed by atoms with Crippen LogP contribution in [0.2, 0.25) is 10.0 Å². The molecule has 10 heteroatoms. The molecule has 0 saturated carbocycles.